The van der Waals surface area contributed by atoms with Gasteiger partial charge in [0.1, 0.15) is 18.1 Å². The van der Waals surface area contributed by atoms with Crippen molar-refractivity contribution in [2.75, 3.05) is 20.0 Å². The van der Waals surface area contributed by atoms with Gasteiger partial charge in [-0.25, -0.2) is 0 Å². The van der Waals surface area contributed by atoms with Crippen molar-refractivity contribution in [2.24, 2.45) is 0 Å². The zero-order valence-electron chi connectivity index (χ0n) is 15.8. The maximum atomic E-state index is 5.75. The third-order valence-corrected chi connectivity index (χ3v) is 5.09. The minimum atomic E-state index is 0.245. The lowest BCUT2D eigenvalue weighted by Gasteiger charge is -2.22. The first-order valence-electron chi connectivity index (χ1n) is 9.87. The van der Waals surface area contributed by atoms with Gasteiger partial charge in [0.05, 0.1) is 6.61 Å². The molecule has 26 heavy (non-hydrogen) atoms. The van der Waals surface area contributed by atoms with Crippen molar-refractivity contribution in [3.05, 3.63) is 59.7 Å². The molecule has 0 aromatic heterocycles. The van der Waals surface area contributed by atoms with Gasteiger partial charge >= 0.3 is 0 Å². The van der Waals surface area contributed by atoms with Crippen molar-refractivity contribution in [3.63, 3.8) is 0 Å². The Balaban J connectivity index is 1.30. The van der Waals surface area contributed by atoms with Crippen LogP contribution < -0.4 is 9.47 Å². The van der Waals surface area contributed by atoms with Gasteiger partial charge in [0.25, 0.3) is 0 Å². The van der Waals surface area contributed by atoms with Crippen molar-refractivity contribution in [1.29, 1.82) is 0 Å². The SMILES string of the molecule is CCc1ccc(OCOCCOc2ccc(C3CCCCC3)cc2)cc1. The smallest absolute Gasteiger partial charge is 0.189 e. The number of hydrogen-bond acceptors (Lipinski definition) is 3. The van der Waals surface area contributed by atoms with Crippen molar-refractivity contribution in [2.45, 2.75) is 51.4 Å². The molecule has 140 valence electrons. The van der Waals surface area contributed by atoms with Crippen molar-refractivity contribution in [3.8, 4) is 11.5 Å². The molecule has 0 bridgehead atoms. The van der Waals surface area contributed by atoms with E-state index in [1.807, 2.05) is 12.1 Å². The summed E-state index contributed by atoms with van der Waals surface area (Å²) in [6.45, 7) is 3.43. The second-order valence-corrected chi connectivity index (χ2v) is 6.92. The maximum absolute atomic E-state index is 5.75. The fourth-order valence-corrected chi connectivity index (χ4v) is 3.48. The number of ether oxygens (including phenoxy) is 3. The summed E-state index contributed by atoms with van der Waals surface area (Å²) < 4.78 is 16.8. The van der Waals surface area contributed by atoms with Crippen LogP contribution in [0.5, 0.6) is 11.5 Å². The first-order valence-corrected chi connectivity index (χ1v) is 9.87. The molecule has 0 unspecified atom stereocenters. The zero-order chi connectivity index (χ0) is 18.0. The molecule has 0 spiro atoms. The zero-order valence-corrected chi connectivity index (χ0v) is 15.8. The van der Waals surface area contributed by atoms with Gasteiger partial charge < -0.3 is 14.2 Å². The molecule has 0 atom stereocenters. The lowest BCUT2D eigenvalue weighted by atomic mass is 9.84. The Bertz CT molecular complexity index is 628. The van der Waals surface area contributed by atoms with Crippen LogP contribution in [-0.2, 0) is 11.2 Å². The minimum absolute atomic E-state index is 0.245. The molecule has 3 heteroatoms. The Morgan fingerprint density at radius 3 is 2.12 bits per heavy atom. The van der Waals surface area contributed by atoms with E-state index in [4.69, 9.17) is 14.2 Å². The fourth-order valence-electron chi connectivity index (χ4n) is 3.48. The lowest BCUT2D eigenvalue weighted by Crippen LogP contribution is -2.10. The average Bonchev–Trinajstić information content (AvgIpc) is 2.72. The molecule has 1 aliphatic carbocycles. The molecule has 1 fully saturated rings. The van der Waals surface area contributed by atoms with Crippen LogP contribution in [0.2, 0.25) is 0 Å². The molecule has 2 aromatic rings. The van der Waals surface area contributed by atoms with E-state index in [1.165, 1.54) is 43.2 Å². The van der Waals surface area contributed by atoms with Crippen LogP contribution >= 0.6 is 0 Å². The Kier molecular flexibility index (Phi) is 7.38. The first kappa shape index (κ1) is 18.8. The van der Waals surface area contributed by atoms with Gasteiger partial charge in [0, 0.05) is 0 Å². The standard InChI is InChI=1S/C23H30O3/c1-2-19-8-12-23(13-9-19)26-18-24-16-17-25-22-14-10-21(11-15-22)20-6-4-3-5-7-20/h8-15,20H,2-7,16-18H2,1H3. The van der Waals surface area contributed by atoms with E-state index in [-0.39, 0.29) is 6.79 Å². The summed E-state index contributed by atoms with van der Waals surface area (Å²) in [6.07, 6.45) is 7.82. The van der Waals surface area contributed by atoms with Crippen molar-refractivity contribution in [1.82, 2.24) is 0 Å². The Morgan fingerprint density at radius 2 is 1.42 bits per heavy atom. The molecule has 1 aliphatic rings. The molecule has 0 aliphatic heterocycles. The van der Waals surface area contributed by atoms with Gasteiger partial charge in [0.15, 0.2) is 6.79 Å². The number of hydrogen-bond donors (Lipinski definition) is 0. The van der Waals surface area contributed by atoms with E-state index in [0.717, 1.165) is 23.8 Å². The minimum Gasteiger partial charge on any atom is -0.491 e. The molecular weight excluding hydrogens is 324 g/mol. The summed E-state index contributed by atoms with van der Waals surface area (Å²) >= 11 is 0. The van der Waals surface area contributed by atoms with Crippen LogP contribution in [0.1, 0.15) is 56.1 Å². The molecule has 0 saturated heterocycles. The lowest BCUT2D eigenvalue weighted by molar-refractivity contribution is 0.00245. The third kappa shape index (κ3) is 5.77. The summed E-state index contributed by atoms with van der Waals surface area (Å²) in [5, 5.41) is 0. The third-order valence-electron chi connectivity index (χ3n) is 5.09. The topological polar surface area (TPSA) is 27.7 Å². The van der Waals surface area contributed by atoms with Crippen molar-refractivity contribution >= 4 is 0 Å². The average molecular weight is 354 g/mol. The Morgan fingerprint density at radius 1 is 0.769 bits per heavy atom. The van der Waals surface area contributed by atoms with Gasteiger partial charge in [-0.2, -0.15) is 0 Å². The predicted octanol–water partition coefficient (Wildman–Crippen LogP) is 5.73. The highest BCUT2D eigenvalue weighted by Gasteiger charge is 2.15. The van der Waals surface area contributed by atoms with E-state index in [9.17, 15) is 0 Å². The molecule has 0 heterocycles. The van der Waals surface area contributed by atoms with Gasteiger partial charge in [-0.3, -0.25) is 0 Å². The van der Waals surface area contributed by atoms with E-state index in [1.54, 1.807) is 0 Å². The summed E-state index contributed by atoms with van der Waals surface area (Å²) in [7, 11) is 0. The van der Waals surface area contributed by atoms with Crippen LogP contribution in [0.3, 0.4) is 0 Å². The fraction of sp³-hybridized carbons (Fsp3) is 0.478. The number of rotatable bonds is 9. The molecule has 0 radical (unpaired) electrons. The molecule has 1 saturated carbocycles. The first-order chi connectivity index (χ1) is 12.8. The predicted molar refractivity (Wildman–Crippen MR) is 105 cm³/mol. The normalized spacial score (nSPS) is 15.0. The van der Waals surface area contributed by atoms with Gasteiger partial charge in [-0.15, -0.1) is 0 Å². The maximum Gasteiger partial charge on any atom is 0.189 e. The highest BCUT2D eigenvalue weighted by Crippen LogP contribution is 2.33. The van der Waals surface area contributed by atoms with Crippen LogP contribution in [0.25, 0.3) is 0 Å². The van der Waals surface area contributed by atoms with Gasteiger partial charge in [0.2, 0.25) is 0 Å². The number of benzene rings is 2. The molecule has 0 amide bonds. The van der Waals surface area contributed by atoms with Gasteiger partial charge in [-0.1, -0.05) is 50.5 Å². The van der Waals surface area contributed by atoms with Crippen molar-refractivity contribution < 1.29 is 14.2 Å². The molecular formula is C23H30O3. The van der Waals surface area contributed by atoms with Gasteiger partial charge in [-0.05, 0) is 60.6 Å². The summed E-state index contributed by atoms with van der Waals surface area (Å²) in [6, 6.07) is 16.7. The van der Waals surface area contributed by atoms with E-state index < -0.39 is 0 Å². The van der Waals surface area contributed by atoms with Crippen LogP contribution in [0, 0.1) is 0 Å². The molecule has 3 rings (SSSR count). The second-order valence-electron chi connectivity index (χ2n) is 6.92. The molecule has 0 N–H and O–H groups in total. The summed E-state index contributed by atoms with van der Waals surface area (Å²) in [5.41, 5.74) is 2.76. The molecule has 2 aromatic carbocycles. The second kappa shape index (κ2) is 10.2. The Labute approximate surface area is 157 Å². The summed E-state index contributed by atoms with van der Waals surface area (Å²) in [5.74, 6) is 2.48. The van der Waals surface area contributed by atoms with Crippen LogP contribution in [0.4, 0.5) is 0 Å². The van der Waals surface area contributed by atoms with E-state index in [0.29, 0.717) is 13.2 Å². The largest absolute Gasteiger partial charge is 0.491 e. The monoisotopic (exact) mass is 354 g/mol. The molecule has 3 nitrogen and oxygen atoms in total. The van der Waals surface area contributed by atoms with E-state index >= 15 is 0 Å². The highest BCUT2D eigenvalue weighted by molar-refractivity contribution is 5.29. The highest BCUT2D eigenvalue weighted by atomic mass is 16.7. The van der Waals surface area contributed by atoms with Crippen LogP contribution in [-0.4, -0.2) is 20.0 Å². The number of aryl methyl sites for hydroxylation is 1. The Hall–Kier alpha value is -2.00. The van der Waals surface area contributed by atoms with Crippen LogP contribution in [0.15, 0.2) is 48.5 Å². The summed E-state index contributed by atoms with van der Waals surface area (Å²) in [4.78, 5) is 0. The quantitative estimate of drug-likeness (QED) is 0.425. The van der Waals surface area contributed by atoms with E-state index in [2.05, 4.69) is 43.3 Å².